The molecule has 0 aromatic heterocycles. The Kier molecular flexibility index (Phi) is 7.03. The van der Waals surface area contributed by atoms with Crippen molar-refractivity contribution in [1.29, 1.82) is 0 Å². The maximum atomic E-state index is 12.4. The lowest BCUT2D eigenvalue weighted by atomic mass is 10.00. The van der Waals surface area contributed by atoms with E-state index in [4.69, 9.17) is 9.47 Å². The van der Waals surface area contributed by atoms with Crippen LogP contribution in [0.25, 0.3) is 0 Å². The van der Waals surface area contributed by atoms with E-state index in [0.29, 0.717) is 12.3 Å². The van der Waals surface area contributed by atoms with Crippen LogP contribution in [0.15, 0.2) is 84.9 Å². The van der Waals surface area contributed by atoms with E-state index in [-0.39, 0.29) is 18.2 Å². The zero-order valence-electron chi connectivity index (χ0n) is 18.9. The van der Waals surface area contributed by atoms with Crippen molar-refractivity contribution >= 4 is 5.97 Å². The molecule has 4 nitrogen and oxygen atoms in total. The van der Waals surface area contributed by atoms with Gasteiger partial charge in [-0.25, -0.2) is 4.79 Å². The molecule has 1 fully saturated rings. The van der Waals surface area contributed by atoms with Crippen LogP contribution in [0.4, 0.5) is 0 Å². The fourth-order valence-electron chi connectivity index (χ4n) is 4.22. The summed E-state index contributed by atoms with van der Waals surface area (Å²) >= 11 is 0. The van der Waals surface area contributed by atoms with E-state index >= 15 is 0 Å². The van der Waals surface area contributed by atoms with Crippen LogP contribution in [0.2, 0.25) is 0 Å². The molecule has 1 aliphatic rings. The fourth-order valence-corrected chi connectivity index (χ4v) is 4.22. The Hall–Kier alpha value is -2.95. The molecule has 32 heavy (non-hydrogen) atoms. The molecule has 0 N–H and O–H groups in total. The molecule has 0 amide bonds. The monoisotopic (exact) mass is 430 g/mol. The Morgan fingerprint density at radius 2 is 1.41 bits per heavy atom. The van der Waals surface area contributed by atoms with Crippen LogP contribution in [0.1, 0.15) is 46.0 Å². The molecule has 0 radical (unpaired) electrons. The number of piperidine rings is 1. The number of quaternary nitrogens is 1. The molecule has 0 bridgehead atoms. The number of carbonyl (C=O) groups excluding carboxylic acids is 1. The number of carbonyl (C=O) groups is 1. The number of nitrogens with zero attached hydrogens (tertiary/aromatic N) is 1. The third kappa shape index (κ3) is 5.64. The number of likely N-dealkylation sites (tertiary alicyclic amines) is 1. The topological polar surface area (TPSA) is 35.5 Å². The Labute approximate surface area is 191 Å². The molecule has 1 saturated heterocycles. The van der Waals surface area contributed by atoms with Gasteiger partial charge in [0, 0.05) is 12.8 Å². The zero-order valence-corrected chi connectivity index (χ0v) is 18.9. The second-order valence-electron chi connectivity index (χ2n) is 9.03. The molecular formula is C28H32NO3+. The molecule has 3 aromatic rings. The number of hydrogen-bond donors (Lipinski definition) is 0. The SMILES string of the molecule is Cc1ccc(C(=O)OC[N+]2(C)CCC(OC(c3ccccc3)c3ccccc3)CC2)cc1. The van der Waals surface area contributed by atoms with E-state index in [1.54, 1.807) is 0 Å². The average molecular weight is 431 g/mol. The van der Waals surface area contributed by atoms with E-state index < -0.39 is 0 Å². The summed E-state index contributed by atoms with van der Waals surface area (Å²) in [5.74, 6) is -0.254. The van der Waals surface area contributed by atoms with Crippen molar-refractivity contribution in [3.63, 3.8) is 0 Å². The number of esters is 1. The van der Waals surface area contributed by atoms with Gasteiger partial charge in [0.2, 0.25) is 6.73 Å². The summed E-state index contributed by atoms with van der Waals surface area (Å²) < 4.78 is 13.0. The van der Waals surface area contributed by atoms with Gasteiger partial charge in [0.25, 0.3) is 0 Å². The number of rotatable bonds is 7. The Bertz CT molecular complexity index is 954. The van der Waals surface area contributed by atoms with E-state index in [2.05, 4.69) is 55.6 Å². The predicted molar refractivity (Wildman–Crippen MR) is 126 cm³/mol. The first kappa shape index (κ1) is 22.3. The first-order valence-electron chi connectivity index (χ1n) is 11.4. The highest BCUT2D eigenvalue weighted by atomic mass is 16.5. The largest absolute Gasteiger partial charge is 0.411 e. The van der Waals surface area contributed by atoms with Crippen molar-refractivity contribution < 1.29 is 18.8 Å². The minimum Gasteiger partial charge on any atom is -0.411 e. The molecule has 0 atom stereocenters. The lowest BCUT2D eigenvalue weighted by Gasteiger charge is -2.40. The number of benzene rings is 3. The molecule has 166 valence electrons. The van der Waals surface area contributed by atoms with Crippen LogP contribution in [0.5, 0.6) is 0 Å². The number of ether oxygens (including phenoxy) is 2. The van der Waals surface area contributed by atoms with Crippen molar-refractivity contribution in [2.24, 2.45) is 0 Å². The van der Waals surface area contributed by atoms with Gasteiger partial charge >= 0.3 is 5.97 Å². The van der Waals surface area contributed by atoms with Crippen LogP contribution in [0, 0.1) is 6.92 Å². The number of aryl methyl sites for hydroxylation is 1. The first-order chi connectivity index (χ1) is 15.5. The third-order valence-corrected chi connectivity index (χ3v) is 6.31. The molecule has 4 rings (SSSR count). The average Bonchev–Trinajstić information content (AvgIpc) is 2.84. The molecule has 0 unspecified atom stereocenters. The van der Waals surface area contributed by atoms with Gasteiger partial charge in [0.1, 0.15) is 6.10 Å². The molecule has 1 heterocycles. The second-order valence-corrected chi connectivity index (χ2v) is 9.03. The van der Waals surface area contributed by atoms with Crippen LogP contribution >= 0.6 is 0 Å². The summed E-state index contributed by atoms with van der Waals surface area (Å²) in [5.41, 5.74) is 4.09. The van der Waals surface area contributed by atoms with Gasteiger partial charge in [-0.05, 0) is 30.2 Å². The van der Waals surface area contributed by atoms with Gasteiger partial charge in [0.05, 0.1) is 31.8 Å². The van der Waals surface area contributed by atoms with Gasteiger partial charge in [-0.2, -0.15) is 0 Å². The van der Waals surface area contributed by atoms with E-state index in [0.717, 1.165) is 36.0 Å². The minimum absolute atomic E-state index is 0.0707. The molecule has 0 aliphatic carbocycles. The summed E-state index contributed by atoms with van der Waals surface area (Å²) in [4.78, 5) is 12.4. The first-order valence-corrected chi connectivity index (χ1v) is 11.4. The van der Waals surface area contributed by atoms with Crippen molar-refractivity contribution in [1.82, 2.24) is 0 Å². The van der Waals surface area contributed by atoms with Crippen molar-refractivity contribution in [3.05, 3.63) is 107 Å². The van der Waals surface area contributed by atoms with Crippen molar-refractivity contribution in [2.75, 3.05) is 26.9 Å². The lowest BCUT2D eigenvalue weighted by molar-refractivity contribution is -0.930. The number of hydrogen-bond acceptors (Lipinski definition) is 3. The van der Waals surface area contributed by atoms with Gasteiger partial charge in [-0.15, -0.1) is 0 Å². The van der Waals surface area contributed by atoms with Gasteiger partial charge < -0.3 is 9.47 Å². The fraction of sp³-hybridized carbons (Fsp3) is 0.321. The van der Waals surface area contributed by atoms with Crippen molar-refractivity contribution in [3.8, 4) is 0 Å². The zero-order chi connectivity index (χ0) is 22.4. The highest BCUT2D eigenvalue weighted by Gasteiger charge is 2.33. The standard InChI is InChI=1S/C28H32NO3/c1-22-13-15-25(16-14-22)28(30)31-21-29(2)19-17-26(18-20-29)32-27(23-9-5-3-6-10-23)24-11-7-4-8-12-24/h3-16,26-27H,17-21H2,1-2H3/q+1. The van der Waals surface area contributed by atoms with Crippen LogP contribution in [0.3, 0.4) is 0 Å². The van der Waals surface area contributed by atoms with E-state index in [1.165, 1.54) is 11.1 Å². The Balaban J connectivity index is 1.34. The van der Waals surface area contributed by atoms with Crippen LogP contribution in [-0.2, 0) is 9.47 Å². The predicted octanol–water partition coefficient (Wildman–Crippen LogP) is 5.52. The molecule has 3 aromatic carbocycles. The smallest absolute Gasteiger partial charge is 0.342 e. The summed E-state index contributed by atoms with van der Waals surface area (Å²) in [5, 5.41) is 0. The second kappa shape index (κ2) is 10.1. The third-order valence-electron chi connectivity index (χ3n) is 6.31. The molecule has 1 aliphatic heterocycles. The molecule has 0 spiro atoms. The maximum Gasteiger partial charge on any atom is 0.342 e. The van der Waals surface area contributed by atoms with Gasteiger partial charge in [-0.3, -0.25) is 4.48 Å². The highest BCUT2D eigenvalue weighted by Crippen LogP contribution is 2.31. The molecule has 4 heteroatoms. The molecular weight excluding hydrogens is 398 g/mol. The van der Waals surface area contributed by atoms with Crippen LogP contribution in [-0.4, -0.2) is 43.4 Å². The Morgan fingerprint density at radius 1 is 0.875 bits per heavy atom. The lowest BCUT2D eigenvalue weighted by Crippen LogP contribution is -2.52. The minimum atomic E-state index is -0.254. The highest BCUT2D eigenvalue weighted by molar-refractivity contribution is 5.89. The maximum absolute atomic E-state index is 12.4. The van der Waals surface area contributed by atoms with Gasteiger partial charge in [-0.1, -0.05) is 78.4 Å². The normalized spacial score (nSPS) is 20.8. The molecule has 0 saturated carbocycles. The van der Waals surface area contributed by atoms with Gasteiger partial charge in [0.15, 0.2) is 0 Å². The quantitative estimate of drug-likeness (QED) is 0.365. The van der Waals surface area contributed by atoms with Crippen molar-refractivity contribution in [2.45, 2.75) is 32.0 Å². The van der Waals surface area contributed by atoms with Crippen LogP contribution < -0.4 is 0 Å². The summed E-state index contributed by atoms with van der Waals surface area (Å²) in [6.07, 6.45) is 1.99. The summed E-state index contributed by atoms with van der Waals surface area (Å²) in [6, 6.07) is 28.4. The van der Waals surface area contributed by atoms with E-state index in [1.807, 2.05) is 43.3 Å². The summed E-state index contributed by atoms with van der Waals surface area (Å²) in [7, 11) is 2.16. The summed E-state index contributed by atoms with van der Waals surface area (Å²) in [6.45, 7) is 4.23. The van der Waals surface area contributed by atoms with E-state index in [9.17, 15) is 4.79 Å². The Morgan fingerprint density at radius 3 is 1.94 bits per heavy atom.